The minimum atomic E-state index is -0.173. The van der Waals surface area contributed by atoms with Gasteiger partial charge in [-0.3, -0.25) is 9.69 Å². The molecule has 4 nitrogen and oxygen atoms in total. The van der Waals surface area contributed by atoms with Crippen molar-refractivity contribution in [3.8, 4) is 0 Å². The highest BCUT2D eigenvalue weighted by Gasteiger charge is 2.30. The van der Waals surface area contributed by atoms with Gasteiger partial charge in [-0.05, 0) is 25.3 Å². The third-order valence-electron chi connectivity index (χ3n) is 4.42. The van der Waals surface area contributed by atoms with E-state index < -0.39 is 0 Å². The second kappa shape index (κ2) is 6.58. The van der Waals surface area contributed by atoms with Gasteiger partial charge in [0.15, 0.2) is 0 Å². The van der Waals surface area contributed by atoms with Gasteiger partial charge >= 0.3 is 0 Å². The summed E-state index contributed by atoms with van der Waals surface area (Å²) < 4.78 is 5.50. The fourth-order valence-electron chi connectivity index (χ4n) is 3.05. The number of amides is 1. The SMILES string of the molecule is Cc1ccc(CN2CCN(C(=O)[C@H]3CCCO3)CC2)cc1. The number of piperazine rings is 1. The van der Waals surface area contributed by atoms with E-state index in [4.69, 9.17) is 4.74 Å². The molecule has 1 aromatic rings. The summed E-state index contributed by atoms with van der Waals surface area (Å²) in [6.07, 6.45) is 1.74. The summed E-state index contributed by atoms with van der Waals surface area (Å²) in [4.78, 5) is 16.7. The molecule has 2 saturated heterocycles. The highest BCUT2D eigenvalue weighted by atomic mass is 16.5. The number of hydrogen-bond acceptors (Lipinski definition) is 3. The molecule has 114 valence electrons. The van der Waals surface area contributed by atoms with Crippen molar-refractivity contribution in [1.29, 1.82) is 0 Å². The van der Waals surface area contributed by atoms with Crippen molar-refractivity contribution in [2.45, 2.75) is 32.4 Å². The van der Waals surface area contributed by atoms with Crippen LogP contribution in [0.2, 0.25) is 0 Å². The van der Waals surface area contributed by atoms with Crippen molar-refractivity contribution in [3.05, 3.63) is 35.4 Å². The Balaban J connectivity index is 1.48. The summed E-state index contributed by atoms with van der Waals surface area (Å²) in [6.45, 7) is 7.37. The lowest BCUT2D eigenvalue weighted by Crippen LogP contribution is -2.51. The lowest BCUT2D eigenvalue weighted by Gasteiger charge is -2.35. The van der Waals surface area contributed by atoms with E-state index in [-0.39, 0.29) is 12.0 Å². The number of nitrogens with zero attached hydrogens (tertiary/aromatic N) is 2. The van der Waals surface area contributed by atoms with Crippen LogP contribution in [-0.4, -0.2) is 54.6 Å². The number of rotatable bonds is 3. The van der Waals surface area contributed by atoms with Crippen LogP contribution in [-0.2, 0) is 16.1 Å². The standard InChI is InChI=1S/C17H24N2O2/c1-14-4-6-15(7-5-14)13-18-8-10-19(11-9-18)17(20)16-3-2-12-21-16/h4-7,16H,2-3,8-13H2,1H3/t16-/m1/s1. The van der Waals surface area contributed by atoms with Crippen LogP contribution in [0, 0.1) is 6.92 Å². The second-order valence-electron chi connectivity index (χ2n) is 6.09. The largest absolute Gasteiger partial charge is 0.368 e. The molecule has 2 aliphatic heterocycles. The predicted octanol–water partition coefficient (Wildman–Crippen LogP) is 1.82. The monoisotopic (exact) mass is 288 g/mol. The quantitative estimate of drug-likeness (QED) is 0.850. The first kappa shape index (κ1) is 14.5. The van der Waals surface area contributed by atoms with E-state index in [2.05, 4.69) is 36.1 Å². The molecular weight excluding hydrogens is 264 g/mol. The van der Waals surface area contributed by atoms with Crippen LogP contribution in [0.15, 0.2) is 24.3 Å². The van der Waals surface area contributed by atoms with Gasteiger partial charge in [-0.25, -0.2) is 0 Å². The Morgan fingerprint density at radius 3 is 2.52 bits per heavy atom. The average Bonchev–Trinajstić information content (AvgIpc) is 3.04. The first-order valence-electron chi connectivity index (χ1n) is 7.91. The van der Waals surface area contributed by atoms with Gasteiger partial charge in [0.05, 0.1) is 0 Å². The maximum Gasteiger partial charge on any atom is 0.251 e. The molecule has 2 fully saturated rings. The van der Waals surface area contributed by atoms with Crippen molar-refractivity contribution in [2.24, 2.45) is 0 Å². The molecule has 1 aromatic carbocycles. The van der Waals surface area contributed by atoms with Gasteiger partial charge in [0.25, 0.3) is 5.91 Å². The fraction of sp³-hybridized carbons (Fsp3) is 0.588. The lowest BCUT2D eigenvalue weighted by atomic mass is 10.1. The summed E-state index contributed by atoms with van der Waals surface area (Å²) in [5.41, 5.74) is 2.64. The Morgan fingerprint density at radius 1 is 1.19 bits per heavy atom. The number of carbonyl (C=O) groups excluding carboxylic acids is 1. The Morgan fingerprint density at radius 2 is 1.90 bits per heavy atom. The molecule has 2 heterocycles. The zero-order chi connectivity index (χ0) is 14.7. The average molecular weight is 288 g/mol. The Hall–Kier alpha value is -1.39. The highest BCUT2D eigenvalue weighted by molar-refractivity contribution is 5.81. The van der Waals surface area contributed by atoms with E-state index >= 15 is 0 Å². The summed E-state index contributed by atoms with van der Waals surface area (Å²) in [5.74, 6) is 0.197. The highest BCUT2D eigenvalue weighted by Crippen LogP contribution is 2.16. The van der Waals surface area contributed by atoms with Crippen molar-refractivity contribution >= 4 is 5.91 Å². The van der Waals surface area contributed by atoms with Crippen molar-refractivity contribution in [3.63, 3.8) is 0 Å². The molecule has 4 heteroatoms. The molecule has 0 N–H and O–H groups in total. The molecule has 0 spiro atoms. The maximum atomic E-state index is 12.3. The van der Waals surface area contributed by atoms with Gasteiger partial charge < -0.3 is 9.64 Å². The predicted molar refractivity (Wildman–Crippen MR) is 82.0 cm³/mol. The number of carbonyl (C=O) groups is 1. The van der Waals surface area contributed by atoms with Crippen LogP contribution in [0.5, 0.6) is 0 Å². The van der Waals surface area contributed by atoms with Crippen LogP contribution in [0.4, 0.5) is 0 Å². The van der Waals surface area contributed by atoms with Crippen molar-refractivity contribution in [2.75, 3.05) is 32.8 Å². The van der Waals surface area contributed by atoms with Crippen molar-refractivity contribution < 1.29 is 9.53 Å². The van der Waals surface area contributed by atoms with Gasteiger partial charge in [-0.2, -0.15) is 0 Å². The van der Waals surface area contributed by atoms with Gasteiger partial charge in [0, 0.05) is 39.3 Å². The second-order valence-corrected chi connectivity index (χ2v) is 6.09. The number of aryl methyl sites for hydroxylation is 1. The smallest absolute Gasteiger partial charge is 0.251 e. The summed E-state index contributed by atoms with van der Waals surface area (Å²) >= 11 is 0. The van der Waals surface area contributed by atoms with Crippen molar-refractivity contribution in [1.82, 2.24) is 9.80 Å². The van der Waals surface area contributed by atoms with E-state index in [0.717, 1.165) is 52.2 Å². The number of benzene rings is 1. The first-order chi connectivity index (χ1) is 10.2. The molecule has 2 aliphatic rings. The molecular formula is C17H24N2O2. The van der Waals surface area contributed by atoms with Gasteiger partial charge in [-0.1, -0.05) is 29.8 Å². The molecule has 0 aliphatic carbocycles. The molecule has 1 amide bonds. The fourth-order valence-corrected chi connectivity index (χ4v) is 3.05. The minimum absolute atomic E-state index is 0.173. The van der Waals surface area contributed by atoms with Crippen LogP contribution < -0.4 is 0 Å². The lowest BCUT2D eigenvalue weighted by molar-refractivity contribution is -0.142. The molecule has 21 heavy (non-hydrogen) atoms. The Labute approximate surface area is 126 Å². The van der Waals surface area contributed by atoms with Gasteiger partial charge in [-0.15, -0.1) is 0 Å². The summed E-state index contributed by atoms with van der Waals surface area (Å²) in [5, 5.41) is 0. The zero-order valence-corrected chi connectivity index (χ0v) is 12.8. The topological polar surface area (TPSA) is 32.8 Å². The first-order valence-corrected chi connectivity index (χ1v) is 7.91. The van der Waals surface area contributed by atoms with Crippen LogP contribution in [0.3, 0.4) is 0 Å². The Bertz CT molecular complexity index is 472. The van der Waals surface area contributed by atoms with Crippen LogP contribution >= 0.6 is 0 Å². The molecule has 0 radical (unpaired) electrons. The number of ether oxygens (including phenoxy) is 1. The Kier molecular flexibility index (Phi) is 4.56. The molecule has 0 unspecified atom stereocenters. The number of hydrogen-bond donors (Lipinski definition) is 0. The van der Waals surface area contributed by atoms with Gasteiger partial charge in [0.2, 0.25) is 0 Å². The van der Waals surface area contributed by atoms with E-state index in [1.165, 1.54) is 11.1 Å². The zero-order valence-electron chi connectivity index (χ0n) is 12.8. The van der Waals surface area contributed by atoms with E-state index in [0.29, 0.717) is 0 Å². The van der Waals surface area contributed by atoms with Gasteiger partial charge in [0.1, 0.15) is 6.10 Å². The van der Waals surface area contributed by atoms with Crippen LogP contribution in [0.25, 0.3) is 0 Å². The maximum absolute atomic E-state index is 12.3. The molecule has 0 aromatic heterocycles. The molecule has 0 bridgehead atoms. The van der Waals surface area contributed by atoms with E-state index in [9.17, 15) is 4.79 Å². The summed E-state index contributed by atoms with van der Waals surface area (Å²) in [6, 6.07) is 8.71. The van der Waals surface area contributed by atoms with Crippen LogP contribution in [0.1, 0.15) is 24.0 Å². The van der Waals surface area contributed by atoms with E-state index in [1.54, 1.807) is 0 Å². The normalized spacial score (nSPS) is 23.5. The minimum Gasteiger partial charge on any atom is -0.368 e. The molecule has 1 atom stereocenters. The third kappa shape index (κ3) is 3.63. The summed E-state index contributed by atoms with van der Waals surface area (Å²) in [7, 11) is 0. The molecule has 0 saturated carbocycles. The van der Waals surface area contributed by atoms with E-state index in [1.807, 2.05) is 4.90 Å². The third-order valence-corrected chi connectivity index (χ3v) is 4.42. The molecule has 3 rings (SSSR count).